The summed E-state index contributed by atoms with van der Waals surface area (Å²) in [5.41, 5.74) is 3.66. The summed E-state index contributed by atoms with van der Waals surface area (Å²) in [4.78, 5) is 12.9. The highest BCUT2D eigenvalue weighted by molar-refractivity contribution is 7.12. The number of amides is 1. The van der Waals surface area contributed by atoms with Crippen molar-refractivity contribution in [1.29, 1.82) is 0 Å². The molecular formula is C17H19NO2S. The van der Waals surface area contributed by atoms with E-state index in [1.165, 1.54) is 22.5 Å². The van der Waals surface area contributed by atoms with Gasteiger partial charge in [0, 0.05) is 12.5 Å². The Hall–Kier alpha value is -1.81. The summed E-state index contributed by atoms with van der Waals surface area (Å²) in [6, 6.07) is 8.36. The van der Waals surface area contributed by atoms with Gasteiger partial charge in [-0.2, -0.15) is 0 Å². The van der Waals surface area contributed by atoms with Crippen molar-refractivity contribution < 1.29 is 9.53 Å². The van der Waals surface area contributed by atoms with Gasteiger partial charge < -0.3 is 10.1 Å². The molecule has 1 aromatic heterocycles. The average molecular weight is 301 g/mol. The molecule has 3 nitrogen and oxygen atoms in total. The van der Waals surface area contributed by atoms with Crippen LogP contribution in [0.15, 0.2) is 29.6 Å². The lowest BCUT2D eigenvalue weighted by Crippen LogP contribution is -2.33. The third kappa shape index (κ3) is 3.27. The normalized spacial score (nSPS) is 14.4. The van der Waals surface area contributed by atoms with Crippen LogP contribution in [0.1, 0.15) is 33.3 Å². The van der Waals surface area contributed by atoms with E-state index in [1.807, 2.05) is 31.4 Å². The van der Waals surface area contributed by atoms with E-state index in [0.29, 0.717) is 0 Å². The summed E-state index contributed by atoms with van der Waals surface area (Å²) < 4.78 is 5.51. The molecular weight excluding hydrogens is 282 g/mol. The average Bonchev–Trinajstić information content (AvgIpc) is 3.06. The second kappa shape index (κ2) is 5.90. The summed E-state index contributed by atoms with van der Waals surface area (Å²) in [6.07, 6.45) is 1.82. The fraction of sp³-hybridized carbons (Fsp3) is 0.353. The van der Waals surface area contributed by atoms with Crippen LogP contribution in [-0.2, 0) is 12.8 Å². The third-order valence-electron chi connectivity index (χ3n) is 3.63. The molecule has 1 atom stereocenters. The molecule has 2 heterocycles. The molecule has 0 saturated heterocycles. The highest BCUT2D eigenvalue weighted by Gasteiger charge is 2.15. The maximum atomic E-state index is 12.1. The molecule has 21 heavy (non-hydrogen) atoms. The Kier molecular flexibility index (Phi) is 3.97. The fourth-order valence-electron chi connectivity index (χ4n) is 2.62. The molecule has 1 N–H and O–H groups in total. The van der Waals surface area contributed by atoms with Gasteiger partial charge in [0.1, 0.15) is 5.75 Å². The molecule has 0 fully saturated rings. The molecule has 3 rings (SSSR count). The van der Waals surface area contributed by atoms with E-state index in [2.05, 4.69) is 17.4 Å². The second-order valence-corrected chi connectivity index (χ2v) is 6.52. The number of rotatable bonds is 4. The molecule has 4 heteroatoms. The zero-order valence-electron chi connectivity index (χ0n) is 12.3. The Morgan fingerprint density at radius 1 is 1.43 bits per heavy atom. The number of hydrogen-bond acceptors (Lipinski definition) is 3. The van der Waals surface area contributed by atoms with Crippen LogP contribution in [0.25, 0.3) is 0 Å². The number of nitrogens with one attached hydrogen (secondary N) is 1. The molecule has 1 aromatic carbocycles. The lowest BCUT2D eigenvalue weighted by Gasteiger charge is -2.14. The highest BCUT2D eigenvalue weighted by Crippen LogP contribution is 2.26. The van der Waals surface area contributed by atoms with Crippen LogP contribution in [0.5, 0.6) is 5.75 Å². The Balaban J connectivity index is 1.61. The van der Waals surface area contributed by atoms with Crippen molar-refractivity contribution in [3.63, 3.8) is 0 Å². The molecule has 110 valence electrons. The van der Waals surface area contributed by atoms with E-state index in [-0.39, 0.29) is 11.9 Å². The number of fused-ring (bicyclic) bond motifs is 1. The van der Waals surface area contributed by atoms with Crippen LogP contribution in [0, 0.1) is 6.92 Å². The van der Waals surface area contributed by atoms with Gasteiger partial charge in [-0.05, 0) is 54.5 Å². The van der Waals surface area contributed by atoms with Crippen LogP contribution < -0.4 is 10.1 Å². The van der Waals surface area contributed by atoms with E-state index < -0.39 is 0 Å². The first kappa shape index (κ1) is 14.1. The molecule has 1 aliphatic rings. The highest BCUT2D eigenvalue weighted by atomic mass is 32.1. The number of carbonyl (C=O) groups excluding carboxylic acids is 1. The zero-order valence-corrected chi connectivity index (χ0v) is 13.1. The molecule has 2 aromatic rings. The van der Waals surface area contributed by atoms with Crippen LogP contribution in [0.2, 0.25) is 0 Å². The first-order valence-corrected chi connectivity index (χ1v) is 8.10. The first-order valence-electron chi connectivity index (χ1n) is 7.22. The summed E-state index contributed by atoms with van der Waals surface area (Å²) in [5, 5.41) is 5.07. The van der Waals surface area contributed by atoms with E-state index >= 15 is 0 Å². The maximum absolute atomic E-state index is 12.1. The summed E-state index contributed by atoms with van der Waals surface area (Å²) in [6.45, 7) is 4.83. The number of ether oxygens (including phenoxy) is 1. The van der Waals surface area contributed by atoms with Gasteiger partial charge in [0.25, 0.3) is 5.91 Å². The Morgan fingerprint density at radius 3 is 3.05 bits per heavy atom. The Bertz CT molecular complexity index is 663. The van der Waals surface area contributed by atoms with Crippen LogP contribution >= 0.6 is 11.3 Å². The van der Waals surface area contributed by atoms with E-state index in [1.54, 1.807) is 0 Å². The predicted molar refractivity (Wildman–Crippen MR) is 85.3 cm³/mol. The Morgan fingerprint density at radius 2 is 2.29 bits per heavy atom. The molecule has 0 bridgehead atoms. The largest absolute Gasteiger partial charge is 0.493 e. The van der Waals surface area contributed by atoms with Crippen molar-refractivity contribution in [2.24, 2.45) is 0 Å². The van der Waals surface area contributed by atoms with E-state index in [4.69, 9.17) is 4.74 Å². The number of hydrogen-bond donors (Lipinski definition) is 1. The SMILES string of the molecule is Cc1csc(C(=O)NC(C)Cc2ccc3c(c2)CCO3)c1. The van der Waals surface area contributed by atoms with Gasteiger partial charge in [-0.15, -0.1) is 11.3 Å². The van der Waals surface area contributed by atoms with Crippen molar-refractivity contribution >= 4 is 17.2 Å². The fourth-order valence-corrected chi connectivity index (χ4v) is 3.42. The topological polar surface area (TPSA) is 38.3 Å². The summed E-state index contributed by atoms with van der Waals surface area (Å²) in [5.74, 6) is 1.02. The van der Waals surface area contributed by atoms with E-state index in [0.717, 1.165) is 35.6 Å². The summed E-state index contributed by atoms with van der Waals surface area (Å²) in [7, 11) is 0. The van der Waals surface area contributed by atoms with Crippen molar-refractivity contribution in [3.05, 3.63) is 51.2 Å². The smallest absolute Gasteiger partial charge is 0.261 e. The quantitative estimate of drug-likeness (QED) is 0.940. The molecule has 1 unspecified atom stereocenters. The van der Waals surface area contributed by atoms with Gasteiger partial charge in [-0.25, -0.2) is 0 Å². The van der Waals surface area contributed by atoms with E-state index in [9.17, 15) is 4.79 Å². The second-order valence-electron chi connectivity index (χ2n) is 5.61. The number of benzene rings is 1. The summed E-state index contributed by atoms with van der Waals surface area (Å²) >= 11 is 1.49. The molecule has 1 amide bonds. The van der Waals surface area contributed by atoms with Crippen molar-refractivity contribution in [2.45, 2.75) is 32.7 Å². The predicted octanol–water partition coefficient (Wildman–Crippen LogP) is 3.35. The van der Waals surface area contributed by atoms with Crippen molar-refractivity contribution in [1.82, 2.24) is 5.32 Å². The zero-order chi connectivity index (χ0) is 14.8. The standard InChI is InChI=1S/C17H19NO2S/c1-11-7-16(21-10-11)17(19)18-12(2)8-13-3-4-15-14(9-13)5-6-20-15/h3-4,7,9-10,12H,5-6,8H2,1-2H3,(H,18,19). The van der Waals surface area contributed by atoms with Crippen LogP contribution in [-0.4, -0.2) is 18.6 Å². The first-order chi connectivity index (χ1) is 10.1. The van der Waals surface area contributed by atoms with Gasteiger partial charge in [-0.1, -0.05) is 12.1 Å². The Labute approximate surface area is 129 Å². The van der Waals surface area contributed by atoms with Gasteiger partial charge in [-0.3, -0.25) is 4.79 Å². The number of carbonyl (C=O) groups is 1. The van der Waals surface area contributed by atoms with Gasteiger partial charge in [0.15, 0.2) is 0 Å². The lowest BCUT2D eigenvalue weighted by molar-refractivity contribution is 0.0944. The van der Waals surface area contributed by atoms with Gasteiger partial charge in [0.2, 0.25) is 0 Å². The monoisotopic (exact) mass is 301 g/mol. The minimum absolute atomic E-state index is 0.0186. The minimum atomic E-state index is 0.0186. The van der Waals surface area contributed by atoms with Gasteiger partial charge in [0.05, 0.1) is 11.5 Å². The maximum Gasteiger partial charge on any atom is 0.261 e. The van der Waals surface area contributed by atoms with Gasteiger partial charge >= 0.3 is 0 Å². The molecule has 0 radical (unpaired) electrons. The molecule has 1 aliphatic heterocycles. The third-order valence-corrected chi connectivity index (χ3v) is 4.67. The van der Waals surface area contributed by atoms with Crippen LogP contribution in [0.4, 0.5) is 0 Å². The molecule has 0 aliphatic carbocycles. The van der Waals surface area contributed by atoms with Crippen molar-refractivity contribution in [2.75, 3.05) is 6.61 Å². The molecule has 0 spiro atoms. The minimum Gasteiger partial charge on any atom is -0.493 e. The lowest BCUT2D eigenvalue weighted by atomic mass is 10.0. The van der Waals surface area contributed by atoms with Crippen LogP contribution in [0.3, 0.4) is 0 Å². The van der Waals surface area contributed by atoms with Crippen molar-refractivity contribution in [3.8, 4) is 5.75 Å². The number of thiophene rings is 1. The number of aryl methyl sites for hydroxylation is 1. The molecule has 0 saturated carbocycles.